The lowest BCUT2D eigenvalue weighted by atomic mass is 9.84. The van der Waals surface area contributed by atoms with Gasteiger partial charge in [-0.15, -0.1) is 0 Å². The second-order valence-corrected chi connectivity index (χ2v) is 5.12. The van der Waals surface area contributed by atoms with Crippen LogP contribution in [0.5, 0.6) is 0 Å². The van der Waals surface area contributed by atoms with Crippen molar-refractivity contribution in [1.82, 2.24) is 9.88 Å². The molecule has 0 N–H and O–H groups in total. The first-order valence-electron chi connectivity index (χ1n) is 4.89. The van der Waals surface area contributed by atoms with Gasteiger partial charge in [-0.1, -0.05) is 25.4 Å². The first kappa shape index (κ1) is 10.4. The van der Waals surface area contributed by atoms with Crippen LogP contribution in [0.1, 0.15) is 24.3 Å². The Labute approximate surface area is 94.1 Å². The summed E-state index contributed by atoms with van der Waals surface area (Å²) in [6.45, 7) is 5.87. The molecule has 2 rings (SSSR count). The number of amides is 1. The van der Waals surface area contributed by atoms with Crippen LogP contribution in [0.2, 0.25) is 5.02 Å². The van der Waals surface area contributed by atoms with E-state index in [0.717, 1.165) is 13.1 Å². The van der Waals surface area contributed by atoms with Crippen molar-refractivity contribution in [3.05, 3.63) is 29.0 Å². The lowest BCUT2D eigenvalue weighted by molar-refractivity contribution is 0.0231. The van der Waals surface area contributed by atoms with Crippen LogP contribution in [-0.2, 0) is 0 Å². The summed E-state index contributed by atoms with van der Waals surface area (Å²) in [4.78, 5) is 17.7. The summed E-state index contributed by atoms with van der Waals surface area (Å²) in [5.74, 6) is -0.0307. The molecule has 1 amide bonds. The van der Waals surface area contributed by atoms with Crippen molar-refractivity contribution in [3.63, 3.8) is 0 Å². The molecule has 0 atom stereocenters. The van der Waals surface area contributed by atoms with Gasteiger partial charge in [0, 0.05) is 24.3 Å². The quantitative estimate of drug-likeness (QED) is 0.733. The standard InChI is InChI=1S/C11H13ClN2O/c1-11(2)6-14(7-11)10(15)9-5-8(12)3-4-13-9/h3-5H,6-7H2,1-2H3. The van der Waals surface area contributed by atoms with Crippen LogP contribution >= 0.6 is 11.6 Å². The van der Waals surface area contributed by atoms with E-state index in [1.54, 1.807) is 23.2 Å². The average Bonchev–Trinajstić information content (AvgIpc) is 2.13. The third kappa shape index (κ3) is 2.12. The highest BCUT2D eigenvalue weighted by atomic mass is 35.5. The van der Waals surface area contributed by atoms with Crippen molar-refractivity contribution in [1.29, 1.82) is 0 Å². The number of halogens is 1. The fourth-order valence-electron chi connectivity index (χ4n) is 1.81. The maximum atomic E-state index is 11.9. The van der Waals surface area contributed by atoms with E-state index in [2.05, 4.69) is 18.8 Å². The number of hydrogen-bond acceptors (Lipinski definition) is 2. The zero-order valence-electron chi connectivity index (χ0n) is 8.83. The van der Waals surface area contributed by atoms with E-state index in [0.29, 0.717) is 10.7 Å². The Kier molecular flexibility index (Phi) is 2.43. The summed E-state index contributed by atoms with van der Waals surface area (Å²) < 4.78 is 0. The second kappa shape index (κ2) is 3.49. The largest absolute Gasteiger partial charge is 0.336 e. The fraction of sp³-hybridized carbons (Fsp3) is 0.455. The molecule has 80 valence electrons. The zero-order valence-corrected chi connectivity index (χ0v) is 9.58. The molecule has 1 saturated heterocycles. The van der Waals surface area contributed by atoms with Gasteiger partial charge in [-0.2, -0.15) is 0 Å². The summed E-state index contributed by atoms with van der Waals surface area (Å²) in [5.41, 5.74) is 0.673. The van der Waals surface area contributed by atoms with Crippen LogP contribution in [0.15, 0.2) is 18.3 Å². The molecule has 0 aliphatic carbocycles. The van der Waals surface area contributed by atoms with Gasteiger partial charge in [-0.25, -0.2) is 0 Å². The predicted molar refractivity (Wildman–Crippen MR) is 58.9 cm³/mol. The number of carbonyl (C=O) groups excluding carboxylic acids is 1. The van der Waals surface area contributed by atoms with E-state index < -0.39 is 0 Å². The molecule has 1 aliphatic heterocycles. The SMILES string of the molecule is CC1(C)CN(C(=O)c2cc(Cl)ccn2)C1. The number of carbonyl (C=O) groups is 1. The van der Waals surface area contributed by atoms with E-state index in [4.69, 9.17) is 11.6 Å². The number of pyridine rings is 1. The average molecular weight is 225 g/mol. The lowest BCUT2D eigenvalue weighted by Gasteiger charge is -2.45. The molecule has 0 spiro atoms. The first-order chi connectivity index (χ1) is 6.98. The molecule has 1 aromatic heterocycles. The Balaban J connectivity index is 2.10. The molecular weight excluding hydrogens is 212 g/mol. The van der Waals surface area contributed by atoms with Crippen LogP contribution < -0.4 is 0 Å². The summed E-state index contributed by atoms with van der Waals surface area (Å²) in [7, 11) is 0. The molecule has 2 heterocycles. The highest BCUT2D eigenvalue weighted by Gasteiger charge is 2.37. The van der Waals surface area contributed by atoms with Crippen molar-refractivity contribution in [3.8, 4) is 0 Å². The number of rotatable bonds is 1. The predicted octanol–water partition coefficient (Wildman–Crippen LogP) is 2.22. The van der Waals surface area contributed by atoms with Gasteiger partial charge in [0.1, 0.15) is 5.69 Å². The van der Waals surface area contributed by atoms with Crippen LogP contribution in [-0.4, -0.2) is 28.9 Å². The zero-order chi connectivity index (χ0) is 11.1. The van der Waals surface area contributed by atoms with Gasteiger partial charge < -0.3 is 4.90 Å². The molecule has 0 unspecified atom stereocenters. The van der Waals surface area contributed by atoms with E-state index in [1.165, 1.54) is 0 Å². The molecule has 1 fully saturated rings. The molecule has 15 heavy (non-hydrogen) atoms. The smallest absolute Gasteiger partial charge is 0.272 e. The third-order valence-electron chi connectivity index (χ3n) is 2.47. The molecular formula is C11H13ClN2O. The lowest BCUT2D eigenvalue weighted by Crippen LogP contribution is -2.55. The van der Waals surface area contributed by atoms with Gasteiger partial charge in [0.05, 0.1) is 0 Å². The van der Waals surface area contributed by atoms with Gasteiger partial charge in [0.25, 0.3) is 5.91 Å². The van der Waals surface area contributed by atoms with Crippen LogP contribution in [0.4, 0.5) is 0 Å². The third-order valence-corrected chi connectivity index (χ3v) is 2.70. The number of aromatic nitrogens is 1. The molecule has 0 bridgehead atoms. The van der Waals surface area contributed by atoms with Gasteiger partial charge in [0.2, 0.25) is 0 Å². The van der Waals surface area contributed by atoms with Crippen molar-refractivity contribution in [2.75, 3.05) is 13.1 Å². The van der Waals surface area contributed by atoms with Gasteiger partial charge in [0.15, 0.2) is 0 Å². The Morgan fingerprint density at radius 2 is 2.20 bits per heavy atom. The molecule has 1 aromatic rings. The molecule has 0 aromatic carbocycles. The summed E-state index contributed by atoms with van der Waals surface area (Å²) in [5, 5.41) is 0.549. The number of nitrogens with zero attached hydrogens (tertiary/aromatic N) is 2. The fourth-order valence-corrected chi connectivity index (χ4v) is 1.97. The summed E-state index contributed by atoms with van der Waals surface area (Å²) >= 11 is 5.80. The van der Waals surface area contributed by atoms with Crippen molar-refractivity contribution < 1.29 is 4.79 Å². The Bertz CT molecular complexity index is 395. The highest BCUT2D eigenvalue weighted by molar-refractivity contribution is 6.30. The van der Waals surface area contributed by atoms with Crippen molar-refractivity contribution in [2.45, 2.75) is 13.8 Å². The molecule has 1 aliphatic rings. The summed E-state index contributed by atoms with van der Waals surface area (Å²) in [6, 6.07) is 3.27. The maximum Gasteiger partial charge on any atom is 0.272 e. The monoisotopic (exact) mass is 224 g/mol. The maximum absolute atomic E-state index is 11.9. The molecule has 0 saturated carbocycles. The van der Waals surface area contributed by atoms with E-state index in [-0.39, 0.29) is 11.3 Å². The van der Waals surface area contributed by atoms with Crippen LogP contribution in [0.3, 0.4) is 0 Å². The minimum absolute atomic E-state index is 0.0307. The number of hydrogen-bond donors (Lipinski definition) is 0. The van der Waals surface area contributed by atoms with Gasteiger partial charge in [-0.3, -0.25) is 9.78 Å². The summed E-state index contributed by atoms with van der Waals surface area (Å²) in [6.07, 6.45) is 1.56. The van der Waals surface area contributed by atoms with Gasteiger partial charge in [-0.05, 0) is 17.5 Å². The minimum Gasteiger partial charge on any atom is -0.336 e. The Morgan fingerprint density at radius 1 is 1.53 bits per heavy atom. The first-order valence-corrected chi connectivity index (χ1v) is 5.27. The Hall–Kier alpha value is -1.09. The molecule has 0 radical (unpaired) electrons. The van der Waals surface area contributed by atoms with E-state index in [1.807, 2.05) is 0 Å². The topological polar surface area (TPSA) is 33.2 Å². The van der Waals surface area contributed by atoms with Crippen LogP contribution in [0, 0.1) is 5.41 Å². The normalized spacial score (nSPS) is 18.5. The van der Waals surface area contributed by atoms with Crippen molar-refractivity contribution >= 4 is 17.5 Å². The number of likely N-dealkylation sites (tertiary alicyclic amines) is 1. The highest BCUT2D eigenvalue weighted by Crippen LogP contribution is 2.29. The second-order valence-electron chi connectivity index (χ2n) is 4.68. The van der Waals surface area contributed by atoms with Crippen LogP contribution in [0.25, 0.3) is 0 Å². The Morgan fingerprint density at radius 3 is 2.73 bits per heavy atom. The minimum atomic E-state index is -0.0307. The van der Waals surface area contributed by atoms with Gasteiger partial charge >= 0.3 is 0 Å². The van der Waals surface area contributed by atoms with E-state index >= 15 is 0 Å². The van der Waals surface area contributed by atoms with Crippen molar-refractivity contribution in [2.24, 2.45) is 5.41 Å². The van der Waals surface area contributed by atoms with E-state index in [9.17, 15) is 4.79 Å². The molecule has 3 nitrogen and oxygen atoms in total. The molecule has 4 heteroatoms.